The number of aromatic nitrogens is 8. The third kappa shape index (κ3) is 3.82. The second-order valence-electron chi connectivity index (χ2n) is 10.3. The number of carbonyl (C=O) groups excluding carboxylic acids is 2. The molecule has 2 saturated heterocycles. The molecule has 0 radical (unpaired) electrons. The Kier molecular flexibility index (Phi) is 5.61. The molecule has 12 heteroatoms. The molecule has 1 amide bonds. The van der Waals surface area contributed by atoms with Crippen LogP contribution in [-0.2, 0) is 0 Å². The fourth-order valence-electron chi connectivity index (χ4n) is 6.30. The summed E-state index contributed by atoms with van der Waals surface area (Å²) in [6, 6.07) is 9.70. The van der Waals surface area contributed by atoms with Crippen molar-refractivity contribution >= 4 is 23.2 Å². The monoisotopic (exact) mass is 534 g/mol. The van der Waals surface area contributed by atoms with Gasteiger partial charge in [-0.25, -0.2) is 19.9 Å². The molecule has 2 aliphatic heterocycles. The lowest BCUT2D eigenvalue weighted by Crippen LogP contribution is -2.46. The summed E-state index contributed by atoms with van der Waals surface area (Å²) in [5.74, 6) is 0.756. The average molecular weight is 535 g/mol. The van der Waals surface area contributed by atoms with E-state index in [0.717, 1.165) is 29.5 Å². The van der Waals surface area contributed by atoms with Gasteiger partial charge in [-0.15, -0.1) is 5.10 Å². The molecule has 0 spiro atoms. The first-order chi connectivity index (χ1) is 19.5. The van der Waals surface area contributed by atoms with Gasteiger partial charge in [0.15, 0.2) is 17.3 Å². The highest BCUT2D eigenvalue weighted by Crippen LogP contribution is 2.45. The largest absolute Gasteiger partial charge is 0.383 e. The van der Waals surface area contributed by atoms with Crippen LogP contribution in [0.1, 0.15) is 65.2 Å². The maximum atomic E-state index is 13.1. The Morgan fingerprint density at radius 1 is 1.00 bits per heavy atom. The van der Waals surface area contributed by atoms with E-state index in [2.05, 4.69) is 30.2 Å². The van der Waals surface area contributed by atoms with Crippen LogP contribution in [0.15, 0.2) is 55.2 Å². The van der Waals surface area contributed by atoms with Gasteiger partial charge in [0, 0.05) is 41.5 Å². The fraction of sp³-hybridized carbons (Fsp3) is 0.286. The van der Waals surface area contributed by atoms with E-state index in [1.165, 1.54) is 13.3 Å². The minimum absolute atomic E-state index is 0.0194. The van der Waals surface area contributed by atoms with E-state index in [1.54, 1.807) is 29.2 Å². The SMILES string of the molecule is CC(=O)c1c(C2CC3CC[C@@H](C2)N3C(=O)c2nc[nH]n2)nc2c(-c3ccc(-c4ncccn4)cc3)cnn2c1N. The molecule has 7 rings (SSSR count). The first-order valence-electron chi connectivity index (χ1n) is 13.2. The standard InChI is InChI=1S/C28H26N10O2/c1-15(39)22-23(18-11-19-7-8-20(12-18)37(19)28(40)26-32-14-33-36-26)35-27-21(13-34-38(27)24(22)29)16-3-5-17(6-4-16)25-30-9-2-10-31-25/h2-6,9-10,13-14,18-20H,7-8,11-12,29H2,1H3,(H,32,33,36)/t18?,19-,20?/m0/s1. The summed E-state index contributed by atoms with van der Waals surface area (Å²) in [4.78, 5) is 45.7. The number of hydrogen-bond donors (Lipinski definition) is 2. The summed E-state index contributed by atoms with van der Waals surface area (Å²) in [7, 11) is 0. The zero-order valence-corrected chi connectivity index (χ0v) is 21.7. The normalized spacial score (nSPS) is 20.2. The third-order valence-electron chi connectivity index (χ3n) is 8.04. The molecule has 5 aromatic rings. The highest BCUT2D eigenvalue weighted by Gasteiger charge is 2.46. The van der Waals surface area contributed by atoms with Gasteiger partial charge in [0.25, 0.3) is 5.91 Å². The Labute approximate surface area is 228 Å². The molecule has 3 N–H and O–H groups in total. The maximum absolute atomic E-state index is 13.1. The highest BCUT2D eigenvalue weighted by molar-refractivity contribution is 6.00. The van der Waals surface area contributed by atoms with Gasteiger partial charge in [-0.05, 0) is 44.2 Å². The van der Waals surface area contributed by atoms with Crippen molar-refractivity contribution in [3.8, 4) is 22.5 Å². The van der Waals surface area contributed by atoms with E-state index >= 15 is 0 Å². The number of carbonyl (C=O) groups is 2. The molecule has 0 aliphatic carbocycles. The smallest absolute Gasteiger partial charge is 0.294 e. The van der Waals surface area contributed by atoms with Gasteiger partial charge < -0.3 is 10.6 Å². The van der Waals surface area contributed by atoms with E-state index in [4.69, 9.17) is 10.7 Å². The summed E-state index contributed by atoms with van der Waals surface area (Å²) in [5, 5.41) is 11.1. The number of H-pyrrole nitrogens is 1. The summed E-state index contributed by atoms with van der Waals surface area (Å²) in [5.41, 5.74) is 10.9. The Hall–Kier alpha value is -5.00. The molecule has 40 heavy (non-hydrogen) atoms. The van der Waals surface area contributed by atoms with Crippen molar-refractivity contribution in [3.63, 3.8) is 0 Å². The van der Waals surface area contributed by atoms with Crippen LogP contribution >= 0.6 is 0 Å². The number of rotatable bonds is 5. The summed E-state index contributed by atoms with van der Waals surface area (Å²) >= 11 is 0. The molecule has 4 aromatic heterocycles. The van der Waals surface area contributed by atoms with Gasteiger partial charge >= 0.3 is 0 Å². The molecule has 12 nitrogen and oxygen atoms in total. The second-order valence-corrected chi connectivity index (χ2v) is 10.3. The first-order valence-corrected chi connectivity index (χ1v) is 13.2. The highest BCUT2D eigenvalue weighted by atomic mass is 16.2. The Morgan fingerprint density at radius 2 is 1.70 bits per heavy atom. The molecule has 2 aliphatic rings. The third-order valence-corrected chi connectivity index (χ3v) is 8.04. The summed E-state index contributed by atoms with van der Waals surface area (Å²) in [6.45, 7) is 1.51. The van der Waals surface area contributed by atoms with Crippen LogP contribution in [0.2, 0.25) is 0 Å². The lowest BCUT2D eigenvalue weighted by molar-refractivity contribution is 0.0556. The molecule has 0 saturated carbocycles. The fourth-order valence-corrected chi connectivity index (χ4v) is 6.30. The van der Waals surface area contributed by atoms with E-state index < -0.39 is 0 Å². The number of hydrogen-bond acceptors (Lipinski definition) is 9. The molecule has 3 atom stereocenters. The number of piperidine rings is 1. The van der Waals surface area contributed by atoms with Crippen LogP contribution < -0.4 is 5.73 Å². The minimum atomic E-state index is -0.163. The summed E-state index contributed by atoms with van der Waals surface area (Å²) in [6.07, 6.45) is 9.71. The number of ketones is 1. The van der Waals surface area contributed by atoms with Gasteiger partial charge in [-0.3, -0.25) is 14.7 Å². The number of Topliss-reactive ketones (excluding diaryl/α,β-unsaturated/α-hetero) is 1. The quantitative estimate of drug-likeness (QED) is 0.322. The van der Waals surface area contributed by atoms with Crippen LogP contribution in [0.25, 0.3) is 28.2 Å². The van der Waals surface area contributed by atoms with Gasteiger partial charge in [-0.2, -0.15) is 9.61 Å². The number of anilines is 1. The van der Waals surface area contributed by atoms with Crippen LogP contribution in [0.4, 0.5) is 5.82 Å². The number of nitrogens with one attached hydrogen (secondary N) is 1. The van der Waals surface area contributed by atoms with Gasteiger partial charge in [0.2, 0.25) is 5.82 Å². The topological polar surface area (TPSA) is 161 Å². The van der Waals surface area contributed by atoms with Gasteiger partial charge in [-0.1, -0.05) is 24.3 Å². The number of fused-ring (bicyclic) bond motifs is 3. The van der Waals surface area contributed by atoms with Crippen molar-refractivity contribution < 1.29 is 9.59 Å². The predicted molar refractivity (Wildman–Crippen MR) is 145 cm³/mol. The molecule has 2 fully saturated rings. The molecular formula is C28H26N10O2. The van der Waals surface area contributed by atoms with E-state index in [0.29, 0.717) is 35.6 Å². The average Bonchev–Trinajstić information content (AvgIpc) is 3.71. The molecule has 2 bridgehead atoms. The first kappa shape index (κ1) is 24.1. The van der Waals surface area contributed by atoms with Crippen LogP contribution in [0.5, 0.6) is 0 Å². The predicted octanol–water partition coefficient (Wildman–Crippen LogP) is 3.31. The van der Waals surface area contributed by atoms with Crippen molar-refractivity contribution in [2.75, 3.05) is 5.73 Å². The van der Waals surface area contributed by atoms with Gasteiger partial charge in [0.1, 0.15) is 12.1 Å². The number of amides is 1. The lowest BCUT2D eigenvalue weighted by atomic mass is 9.85. The number of benzene rings is 1. The van der Waals surface area contributed by atoms with Crippen molar-refractivity contribution in [2.45, 2.75) is 50.6 Å². The molecule has 200 valence electrons. The van der Waals surface area contributed by atoms with Crippen molar-refractivity contribution in [2.24, 2.45) is 0 Å². The Morgan fingerprint density at radius 3 is 2.35 bits per heavy atom. The number of nitrogens with zero attached hydrogens (tertiary/aromatic N) is 8. The zero-order chi connectivity index (χ0) is 27.4. The molecule has 6 heterocycles. The van der Waals surface area contributed by atoms with Crippen LogP contribution in [0, 0.1) is 0 Å². The van der Waals surface area contributed by atoms with Crippen molar-refractivity contribution in [3.05, 3.63) is 72.3 Å². The Bertz CT molecular complexity index is 1720. The summed E-state index contributed by atoms with van der Waals surface area (Å²) < 4.78 is 1.54. The van der Waals surface area contributed by atoms with E-state index in [9.17, 15) is 9.59 Å². The minimum Gasteiger partial charge on any atom is -0.383 e. The van der Waals surface area contributed by atoms with Crippen LogP contribution in [0.3, 0.4) is 0 Å². The Balaban J connectivity index is 1.26. The number of nitrogen functional groups attached to an aromatic ring is 1. The number of aromatic amines is 1. The lowest BCUT2D eigenvalue weighted by Gasteiger charge is -2.38. The van der Waals surface area contributed by atoms with Crippen LogP contribution in [-0.4, -0.2) is 68.4 Å². The van der Waals surface area contributed by atoms with Crippen molar-refractivity contribution in [1.82, 2.24) is 44.6 Å². The zero-order valence-electron chi connectivity index (χ0n) is 21.7. The maximum Gasteiger partial charge on any atom is 0.294 e. The molecule has 2 unspecified atom stereocenters. The molecule has 1 aromatic carbocycles. The van der Waals surface area contributed by atoms with Crippen molar-refractivity contribution in [1.29, 1.82) is 0 Å². The van der Waals surface area contributed by atoms with E-state index in [-0.39, 0.29) is 41.3 Å². The van der Waals surface area contributed by atoms with Gasteiger partial charge in [0.05, 0.1) is 17.5 Å². The van der Waals surface area contributed by atoms with E-state index in [1.807, 2.05) is 29.2 Å². The second kappa shape index (κ2) is 9.33. The molecular weight excluding hydrogens is 508 g/mol. The number of nitrogens with two attached hydrogens (primary N) is 1.